The molecule has 0 saturated heterocycles. The van der Waals surface area contributed by atoms with Crippen molar-refractivity contribution >= 4 is 38.9 Å². The summed E-state index contributed by atoms with van der Waals surface area (Å²) in [6.45, 7) is 0. The van der Waals surface area contributed by atoms with Crippen molar-refractivity contribution in [2.75, 3.05) is 10.0 Å². The van der Waals surface area contributed by atoms with E-state index in [2.05, 4.69) is 10.0 Å². The van der Waals surface area contributed by atoms with Crippen LogP contribution in [0, 0.1) is 11.6 Å². The van der Waals surface area contributed by atoms with Crippen LogP contribution in [-0.4, -0.2) is 19.4 Å². The van der Waals surface area contributed by atoms with Crippen LogP contribution in [0.25, 0.3) is 0 Å². The van der Waals surface area contributed by atoms with Crippen LogP contribution in [0.3, 0.4) is 0 Å². The number of aromatic hydroxyl groups is 1. The minimum Gasteiger partial charge on any atom is -0.506 e. The first kappa shape index (κ1) is 22.5. The SMILES string of the molecule is O=C(CCc1ccc(F)c(F)c1)Nc1cc(S(=O)(=O)Nc2cccc(Cl)c2)ccc1O. The van der Waals surface area contributed by atoms with Crippen molar-refractivity contribution in [1.82, 2.24) is 0 Å². The topological polar surface area (TPSA) is 95.5 Å². The van der Waals surface area contributed by atoms with Gasteiger partial charge in [0, 0.05) is 11.4 Å². The highest BCUT2D eigenvalue weighted by Gasteiger charge is 2.18. The Hall–Kier alpha value is -3.17. The summed E-state index contributed by atoms with van der Waals surface area (Å²) in [6.07, 6.45) is 0.0281. The van der Waals surface area contributed by atoms with Crippen LogP contribution in [-0.2, 0) is 21.2 Å². The van der Waals surface area contributed by atoms with Gasteiger partial charge in [0.2, 0.25) is 5.91 Å². The molecule has 31 heavy (non-hydrogen) atoms. The van der Waals surface area contributed by atoms with Crippen LogP contribution in [0.1, 0.15) is 12.0 Å². The Balaban J connectivity index is 1.71. The molecule has 3 rings (SSSR count). The minimum absolute atomic E-state index is 0.0950. The average molecular weight is 467 g/mol. The van der Waals surface area contributed by atoms with Gasteiger partial charge in [-0.2, -0.15) is 0 Å². The van der Waals surface area contributed by atoms with Crippen molar-refractivity contribution in [1.29, 1.82) is 0 Å². The van der Waals surface area contributed by atoms with E-state index in [9.17, 15) is 27.1 Å². The molecule has 0 fully saturated rings. The predicted octanol–water partition coefficient (Wildman–Crippen LogP) is 4.70. The van der Waals surface area contributed by atoms with Crippen molar-refractivity contribution in [3.63, 3.8) is 0 Å². The molecular formula is C21H17ClF2N2O4S. The number of carbonyl (C=O) groups excluding carboxylic acids is 1. The minimum atomic E-state index is -4.02. The Morgan fingerprint density at radius 3 is 2.48 bits per heavy atom. The molecule has 6 nitrogen and oxygen atoms in total. The van der Waals surface area contributed by atoms with Gasteiger partial charge in [0.05, 0.1) is 16.3 Å². The molecule has 0 spiro atoms. The van der Waals surface area contributed by atoms with E-state index in [1.807, 2.05) is 0 Å². The zero-order chi connectivity index (χ0) is 22.6. The standard InChI is InChI=1S/C21H17ClF2N2O4S/c22-14-2-1-3-15(11-14)26-31(29,30)16-6-8-20(27)19(12-16)25-21(28)9-5-13-4-7-17(23)18(24)10-13/h1-4,6-8,10-12,26-27H,5,9H2,(H,25,28). The molecule has 0 aliphatic rings. The second-order valence-corrected chi connectivity index (χ2v) is 8.71. The predicted molar refractivity (Wildman–Crippen MR) is 114 cm³/mol. The van der Waals surface area contributed by atoms with E-state index in [1.165, 1.54) is 24.3 Å². The highest BCUT2D eigenvalue weighted by atomic mass is 35.5. The molecule has 0 unspecified atom stereocenters. The van der Waals surface area contributed by atoms with Gasteiger partial charge in [-0.05, 0) is 60.5 Å². The highest BCUT2D eigenvalue weighted by Crippen LogP contribution is 2.28. The summed E-state index contributed by atoms with van der Waals surface area (Å²) < 4.78 is 53.8. The quantitative estimate of drug-likeness (QED) is 0.440. The lowest BCUT2D eigenvalue weighted by molar-refractivity contribution is -0.116. The Kier molecular flexibility index (Phi) is 6.77. The number of anilines is 2. The van der Waals surface area contributed by atoms with Gasteiger partial charge in [0.1, 0.15) is 5.75 Å². The largest absolute Gasteiger partial charge is 0.506 e. The van der Waals surface area contributed by atoms with E-state index in [0.717, 1.165) is 24.3 Å². The number of phenols is 1. The lowest BCUT2D eigenvalue weighted by Crippen LogP contribution is -2.15. The molecule has 3 aromatic carbocycles. The molecular weight excluding hydrogens is 450 g/mol. The number of phenolic OH excluding ortho intramolecular Hbond substituents is 1. The lowest BCUT2D eigenvalue weighted by atomic mass is 10.1. The maximum atomic E-state index is 13.3. The molecule has 0 aliphatic carbocycles. The molecule has 1 amide bonds. The molecule has 162 valence electrons. The van der Waals surface area contributed by atoms with E-state index >= 15 is 0 Å². The molecule has 0 aliphatic heterocycles. The number of nitrogens with one attached hydrogen (secondary N) is 2. The molecule has 0 atom stereocenters. The summed E-state index contributed by atoms with van der Waals surface area (Å²) >= 11 is 5.86. The van der Waals surface area contributed by atoms with Crippen LogP contribution < -0.4 is 10.0 Å². The van der Waals surface area contributed by atoms with E-state index < -0.39 is 27.6 Å². The van der Waals surface area contributed by atoms with E-state index in [0.29, 0.717) is 10.6 Å². The van der Waals surface area contributed by atoms with Crippen molar-refractivity contribution < 1.29 is 27.1 Å². The maximum Gasteiger partial charge on any atom is 0.261 e. The van der Waals surface area contributed by atoms with Crippen LogP contribution in [0.15, 0.2) is 65.6 Å². The number of halogens is 3. The Labute approximate surface area is 182 Å². The number of amides is 1. The van der Waals surface area contributed by atoms with Crippen LogP contribution in [0.2, 0.25) is 5.02 Å². The monoisotopic (exact) mass is 466 g/mol. The van der Waals surface area contributed by atoms with Gasteiger partial charge < -0.3 is 10.4 Å². The molecule has 0 aromatic heterocycles. The first-order valence-corrected chi connectivity index (χ1v) is 10.9. The first-order valence-electron chi connectivity index (χ1n) is 8.99. The van der Waals surface area contributed by atoms with Crippen LogP contribution >= 0.6 is 11.6 Å². The van der Waals surface area contributed by atoms with E-state index in [4.69, 9.17) is 11.6 Å². The molecule has 3 N–H and O–H groups in total. The first-order chi connectivity index (χ1) is 14.6. The summed E-state index contributed by atoms with van der Waals surface area (Å²) in [7, 11) is -4.02. The Bertz CT molecular complexity index is 1240. The summed E-state index contributed by atoms with van der Waals surface area (Å²) in [4.78, 5) is 12.0. The van der Waals surface area contributed by atoms with Crippen LogP contribution in [0.4, 0.5) is 20.2 Å². The van der Waals surface area contributed by atoms with Gasteiger partial charge in [-0.3, -0.25) is 9.52 Å². The smallest absolute Gasteiger partial charge is 0.261 e. The van der Waals surface area contributed by atoms with Crippen LogP contribution in [0.5, 0.6) is 5.75 Å². The number of rotatable bonds is 7. The zero-order valence-corrected chi connectivity index (χ0v) is 17.5. The number of benzene rings is 3. The maximum absolute atomic E-state index is 13.3. The van der Waals surface area contributed by atoms with Crippen molar-refractivity contribution in [2.45, 2.75) is 17.7 Å². The van der Waals surface area contributed by atoms with Gasteiger partial charge in [0.25, 0.3) is 10.0 Å². The number of hydrogen-bond acceptors (Lipinski definition) is 4. The molecule has 0 bridgehead atoms. The molecule has 0 saturated carbocycles. The Morgan fingerprint density at radius 2 is 1.77 bits per heavy atom. The molecule has 0 heterocycles. The zero-order valence-electron chi connectivity index (χ0n) is 15.9. The molecule has 10 heteroatoms. The fourth-order valence-electron chi connectivity index (χ4n) is 2.71. The van der Waals surface area contributed by atoms with Crippen molar-refractivity contribution in [3.05, 3.63) is 82.9 Å². The number of hydrogen-bond donors (Lipinski definition) is 3. The number of aryl methyl sites for hydroxylation is 1. The third-order valence-corrected chi connectivity index (χ3v) is 5.87. The lowest BCUT2D eigenvalue weighted by Gasteiger charge is -2.12. The third-order valence-electron chi connectivity index (χ3n) is 4.25. The summed E-state index contributed by atoms with van der Waals surface area (Å²) in [5.41, 5.74) is 0.558. The van der Waals surface area contributed by atoms with E-state index in [-0.39, 0.29) is 34.9 Å². The normalized spacial score (nSPS) is 11.2. The van der Waals surface area contributed by atoms with E-state index in [1.54, 1.807) is 12.1 Å². The van der Waals surface area contributed by atoms with Gasteiger partial charge in [-0.25, -0.2) is 17.2 Å². The fraction of sp³-hybridized carbons (Fsp3) is 0.0952. The summed E-state index contributed by atoms with van der Waals surface area (Å²) in [6, 6.07) is 12.9. The second-order valence-electron chi connectivity index (χ2n) is 6.59. The van der Waals surface area contributed by atoms with Crippen molar-refractivity contribution in [3.8, 4) is 5.75 Å². The number of carbonyl (C=O) groups is 1. The fourth-order valence-corrected chi connectivity index (χ4v) is 3.98. The molecule has 3 aromatic rings. The number of sulfonamides is 1. The average Bonchev–Trinajstić information content (AvgIpc) is 2.70. The van der Waals surface area contributed by atoms with Gasteiger partial charge in [-0.1, -0.05) is 23.7 Å². The van der Waals surface area contributed by atoms with Gasteiger partial charge in [0.15, 0.2) is 11.6 Å². The van der Waals surface area contributed by atoms with Crippen molar-refractivity contribution in [2.24, 2.45) is 0 Å². The second kappa shape index (κ2) is 9.32. The Morgan fingerprint density at radius 1 is 1.00 bits per heavy atom. The molecule has 0 radical (unpaired) electrons. The highest BCUT2D eigenvalue weighted by molar-refractivity contribution is 7.92. The van der Waals surface area contributed by atoms with Gasteiger partial charge in [-0.15, -0.1) is 0 Å². The summed E-state index contributed by atoms with van der Waals surface area (Å²) in [5, 5.41) is 12.8. The summed E-state index contributed by atoms with van der Waals surface area (Å²) in [5.74, 6) is -2.87. The van der Waals surface area contributed by atoms with Gasteiger partial charge >= 0.3 is 0 Å². The third kappa shape index (κ3) is 5.93.